The van der Waals surface area contributed by atoms with Gasteiger partial charge in [-0.25, -0.2) is 23.1 Å². The van der Waals surface area contributed by atoms with E-state index < -0.39 is 12.2 Å². The molecular weight excluding hydrogens is 746 g/mol. The maximum Gasteiger partial charge on any atom is 0.264 e. The topological polar surface area (TPSA) is 90.1 Å². The van der Waals surface area contributed by atoms with Gasteiger partial charge in [0.05, 0.1) is 39.8 Å². The van der Waals surface area contributed by atoms with E-state index in [1.54, 1.807) is 18.2 Å². The second-order valence-corrected chi connectivity index (χ2v) is 16.8. The SMILES string of the molecule is Cc1nc2c(F)c(-c3cccc(Cl)c3Cl)c(CCC#N)cc2c2c1cc([C@H]1[C@H]3C[C@H](CN(c4cc(C(F)F)ccn4)C3)N1C(=O)C1CC1)n2[C@H]1[C@H]2CN[C@@H]1C2. The van der Waals surface area contributed by atoms with Gasteiger partial charge in [0.1, 0.15) is 11.3 Å². The van der Waals surface area contributed by atoms with Crippen LogP contribution >= 0.6 is 23.2 Å². The number of aryl methyl sites for hydroxylation is 2. The summed E-state index contributed by atoms with van der Waals surface area (Å²) in [6.45, 7) is 3.84. The zero-order valence-corrected chi connectivity index (χ0v) is 31.6. The first-order valence-corrected chi connectivity index (χ1v) is 19.9. The summed E-state index contributed by atoms with van der Waals surface area (Å²) in [6, 6.07) is 14.3. The fraction of sp³-hybridized carbons (Fsp3) is 0.429. The first-order valence-electron chi connectivity index (χ1n) is 19.1. The smallest absolute Gasteiger partial charge is 0.264 e. The van der Waals surface area contributed by atoms with E-state index in [0.29, 0.717) is 64.0 Å². The summed E-state index contributed by atoms with van der Waals surface area (Å²) in [5, 5.41) is 15.4. The third-order valence-corrected chi connectivity index (χ3v) is 13.7. The molecule has 2 aromatic carbocycles. The Morgan fingerprint density at radius 2 is 1.93 bits per heavy atom. The normalized spacial score (nSPS) is 25.6. The Hall–Kier alpha value is -4.37. The summed E-state index contributed by atoms with van der Waals surface area (Å²) in [4.78, 5) is 28.0. The Labute approximate surface area is 326 Å². The van der Waals surface area contributed by atoms with Gasteiger partial charge in [0.15, 0.2) is 5.82 Å². The summed E-state index contributed by atoms with van der Waals surface area (Å²) in [5.74, 6) is 0.476. The van der Waals surface area contributed by atoms with Crippen molar-refractivity contribution < 1.29 is 18.0 Å². The van der Waals surface area contributed by atoms with Crippen LogP contribution in [-0.4, -0.2) is 57.1 Å². The number of hydrogen-bond donors (Lipinski definition) is 1. The van der Waals surface area contributed by atoms with Gasteiger partial charge in [0, 0.05) is 89.0 Å². The minimum absolute atomic E-state index is 0.00577. The minimum Gasteiger partial charge on any atom is -0.354 e. The van der Waals surface area contributed by atoms with Gasteiger partial charge in [-0.1, -0.05) is 35.3 Å². The molecule has 55 heavy (non-hydrogen) atoms. The number of alkyl halides is 2. The third kappa shape index (κ3) is 5.46. The first kappa shape index (κ1) is 35.1. The number of aromatic nitrogens is 3. The second-order valence-electron chi connectivity index (χ2n) is 16.0. The molecule has 0 unspecified atom stereocenters. The molecule has 0 radical (unpaired) electrons. The van der Waals surface area contributed by atoms with Crippen LogP contribution in [0.5, 0.6) is 0 Å². The second kappa shape index (κ2) is 13.1. The highest BCUT2D eigenvalue weighted by atomic mass is 35.5. The number of carbonyl (C=O) groups excluding carboxylic acids is 1. The number of likely N-dealkylation sites (tertiary alicyclic amines) is 1. The molecule has 4 aliphatic heterocycles. The van der Waals surface area contributed by atoms with E-state index in [1.165, 1.54) is 18.3 Å². The van der Waals surface area contributed by atoms with Crippen molar-refractivity contribution in [2.45, 2.75) is 76.0 Å². The molecule has 4 saturated heterocycles. The van der Waals surface area contributed by atoms with Crippen LogP contribution in [0.25, 0.3) is 32.9 Å². The summed E-state index contributed by atoms with van der Waals surface area (Å²) in [5.41, 5.74) is 4.09. The van der Waals surface area contributed by atoms with E-state index in [4.69, 9.17) is 28.2 Å². The van der Waals surface area contributed by atoms with Crippen LogP contribution in [0.2, 0.25) is 10.0 Å². The summed E-state index contributed by atoms with van der Waals surface area (Å²) in [7, 11) is 0. The Bertz CT molecular complexity index is 2450. The molecule has 1 amide bonds. The maximum atomic E-state index is 17.3. The highest BCUT2D eigenvalue weighted by molar-refractivity contribution is 6.43. The monoisotopic (exact) mass is 783 g/mol. The molecule has 2 saturated carbocycles. The van der Waals surface area contributed by atoms with Crippen molar-refractivity contribution in [3.63, 3.8) is 0 Å². The third-order valence-electron chi connectivity index (χ3n) is 12.9. The number of hydrogen-bond acceptors (Lipinski definition) is 6. The average Bonchev–Trinajstić information content (AvgIpc) is 3.46. The van der Waals surface area contributed by atoms with Crippen LogP contribution in [0, 0.1) is 41.8 Å². The Kier molecular flexibility index (Phi) is 8.36. The van der Waals surface area contributed by atoms with Crippen molar-refractivity contribution in [1.82, 2.24) is 24.8 Å². The summed E-state index contributed by atoms with van der Waals surface area (Å²) in [6.07, 6.45) is 2.85. The number of anilines is 1. The minimum atomic E-state index is -2.61. The quantitative estimate of drug-likeness (QED) is 0.169. The number of nitrogens with zero attached hydrogens (tertiary/aromatic N) is 6. The molecule has 8 nitrogen and oxygen atoms in total. The van der Waals surface area contributed by atoms with E-state index in [-0.39, 0.29) is 64.4 Å². The van der Waals surface area contributed by atoms with Gasteiger partial charge < -0.3 is 19.7 Å². The van der Waals surface area contributed by atoms with Crippen molar-refractivity contribution in [1.29, 1.82) is 5.26 Å². The molecular formula is C42H38Cl2F3N7O. The average molecular weight is 785 g/mol. The molecule has 7 heterocycles. The zero-order chi connectivity index (χ0) is 37.9. The fourth-order valence-corrected chi connectivity index (χ4v) is 10.6. The number of fused-ring (bicyclic) bond motifs is 6. The van der Waals surface area contributed by atoms with Gasteiger partial charge in [0.2, 0.25) is 5.91 Å². The fourth-order valence-electron chi connectivity index (χ4n) is 10.2. The lowest BCUT2D eigenvalue weighted by molar-refractivity contribution is -0.135. The standard InChI is InChI=1S/C42H38Cl2F3N7O/c1-20-28-16-32(39-25-12-26(53(39)42(55)21-7-8-21)19-52(18-25)33-15-23(41(46)47)9-11-49-33)54(38-24-14-31(38)50-17-24)40(28)29-13-22(4-3-10-48)34(36(45)37(29)51-20)27-5-2-6-30(43)35(27)44/h2,5-6,9,11,13,15-16,21,24-26,31,38-39,41,50H,3-4,7-8,12,14,17-19H2,1H3/t24-,25+,26-,31-,38+,39-/m1/s1. The number of nitrogens with one attached hydrogen (secondary N) is 1. The number of carbonyl (C=O) groups is 1. The van der Waals surface area contributed by atoms with Crippen molar-refractivity contribution in [3.8, 4) is 17.2 Å². The number of nitriles is 1. The van der Waals surface area contributed by atoms with Gasteiger partial charge >= 0.3 is 0 Å². The number of benzene rings is 2. The van der Waals surface area contributed by atoms with Crippen LogP contribution in [0.3, 0.4) is 0 Å². The zero-order valence-electron chi connectivity index (χ0n) is 30.1. The summed E-state index contributed by atoms with van der Waals surface area (Å²) < 4.78 is 47.3. The van der Waals surface area contributed by atoms with E-state index >= 15 is 4.39 Å². The van der Waals surface area contributed by atoms with Gasteiger partial charge in [0.25, 0.3) is 6.43 Å². The number of pyridine rings is 2. The van der Waals surface area contributed by atoms with Crippen molar-refractivity contribution >= 4 is 56.7 Å². The molecule has 2 aliphatic carbocycles. The van der Waals surface area contributed by atoms with Gasteiger partial charge in [-0.05, 0) is 80.8 Å². The van der Waals surface area contributed by atoms with Crippen LogP contribution in [0.15, 0.2) is 48.7 Å². The van der Waals surface area contributed by atoms with E-state index in [1.807, 2.05) is 13.0 Å². The number of piperidine rings is 1. The van der Waals surface area contributed by atoms with Crippen molar-refractivity contribution in [3.05, 3.63) is 87.0 Å². The van der Waals surface area contributed by atoms with Gasteiger partial charge in [-0.2, -0.15) is 5.26 Å². The van der Waals surface area contributed by atoms with Crippen LogP contribution < -0.4 is 10.2 Å². The molecule has 6 atom stereocenters. The first-order chi connectivity index (χ1) is 26.6. The lowest BCUT2D eigenvalue weighted by atomic mass is 9.79. The number of rotatable bonds is 8. The molecule has 3 aromatic heterocycles. The predicted octanol–water partition coefficient (Wildman–Crippen LogP) is 9.12. The Morgan fingerprint density at radius 3 is 2.65 bits per heavy atom. The largest absolute Gasteiger partial charge is 0.354 e. The van der Waals surface area contributed by atoms with Gasteiger partial charge in [-0.15, -0.1) is 0 Å². The molecule has 6 aliphatic rings. The Morgan fingerprint density at radius 1 is 1.09 bits per heavy atom. The lowest BCUT2D eigenvalue weighted by Crippen LogP contribution is -2.45. The van der Waals surface area contributed by atoms with Crippen molar-refractivity contribution in [2.75, 3.05) is 24.5 Å². The van der Waals surface area contributed by atoms with Crippen LogP contribution in [0.4, 0.5) is 19.0 Å². The number of amides is 1. The number of halogens is 5. The van der Waals surface area contributed by atoms with E-state index in [9.17, 15) is 18.8 Å². The van der Waals surface area contributed by atoms with Crippen LogP contribution in [-0.2, 0) is 11.2 Å². The van der Waals surface area contributed by atoms with E-state index in [2.05, 4.69) is 36.8 Å². The molecule has 1 N–H and O–H groups in total. The lowest BCUT2D eigenvalue weighted by Gasteiger charge is -2.40. The molecule has 11 rings (SSSR count). The predicted molar refractivity (Wildman–Crippen MR) is 206 cm³/mol. The van der Waals surface area contributed by atoms with E-state index in [0.717, 1.165) is 48.8 Å². The molecule has 282 valence electrons. The van der Waals surface area contributed by atoms with Gasteiger partial charge in [-0.3, -0.25) is 4.79 Å². The van der Waals surface area contributed by atoms with Crippen LogP contribution in [0.1, 0.15) is 73.1 Å². The Balaban J connectivity index is 1.19. The highest BCUT2D eigenvalue weighted by Crippen LogP contribution is 2.54. The summed E-state index contributed by atoms with van der Waals surface area (Å²) >= 11 is 13.1. The maximum absolute atomic E-state index is 17.3. The molecule has 6 fully saturated rings. The molecule has 0 spiro atoms. The molecule has 4 bridgehead atoms. The molecule has 5 aromatic rings. The van der Waals surface area contributed by atoms with Crippen molar-refractivity contribution in [2.24, 2.45) is 17.8 Å². The molecule has 13 heteroatoms. The highest BCUT2D eigenvalue weighted by Gasteiger charge is 2.55.